The standard InChI is InChI=1S/C16H23NO2S/c1-11(20)16(18)7-6-12-4-3-5-14(8-12)19-15-9-13(10-15)17-2/h3-5,8,11,13,15,17,20H,6-7,9-10H2,1-2H3. The molecule has 1 aromatic rings. The molecule has 110 valence electrons. The Bertz CT molecular complexity index is 456. The maximum Gasteiger partial charge on any atom is 0.145 e. The zero-order chi connectivity index (χ0) is 14.5. The van der Waals surface area contributed by atoms with Crippen molar-refractivity contribution < 1.29 is 9.53 Å². The largest absolute Gasteiger partial charge is 0.490 e. The van der Waals surface area contributed by atoms with E-state index < -0.39 is 0 Å². The molecule has 0 amide bonds. The lowest BCUT2D eigenvalue weighted by molar-refractivity contribution is -0.118. The van der Waals surface area contributed by atoms with Gasteiger partial charge in [0.2, 0.25) is 0 Å². The normalized spacial score (nSPS) is 22.9. The lowest BCUT2D eigenvalue weighted by atomic mass is 9.89. The van der Waals surface area contributed by atoms with Gasteiger partial charge in [0, 0.05) is 12.5 Å². The third-order valence-corrected chi connectivity index (χ3v) is 4.12. The van der Waals surface area contributed by atoms with E-state index in [2.05, 4.69) is 17.9 Å². The molecule has 20 heavy (non-hydrogen) atoms. The van der Waals surface area contributed by atoms with Crippen molar-refractivity contribution in [2.45, 2.75) is 50.0 Å². The van der Waals surface area contributed by atoms with Gasteiger partial charge in [-0.1, -0.05) is 12.1 Å². The van der Waals surface area contributed by atoms with E-state index in [9.17, 15) is 4.79 Å². The van der Waals surface area contributed by atoms with E-state index in [1.54, 1.807) is 0 Å². The van der Waals surface area contributed by atoms with Crippen molar-refractivity contribution in [1.82, 2.24) is 5.32 Å². The third-order valence-electron chi connectivity index (χ3n) is 3.83. The van der Waals surface area contributed by atoms with Crippen molar-refractivity contribution in [3.05, 3.63) is 29.8 Å². The number of ether oxygens (including phenoxy) is 1. The fraction of sp³-hybridized carbons (Fsp3) is 0.562. The lowest BCUT2D eigenvalue weighted by Crippen LogP contribution is -2.45. The van der Waals surface area contributed by atoms with Gasteiger partial charge in [-0.3, -0.25) is 4.79 Å². The van der Waals surface area contributed by atoms with Crippen molar-refractivity contribution in [1.29, 1.82) is 0 Å². The van der Waals surface area contributed by atoms with Crippen LogP contribution in [0.3, 0.4) is 0 Å². The second kappa shape index (κ2) is 7.14. The monoisotopic (exact) mass is 293 g/mol. The number of benzene rings is 1. The van der Waals surface area contributed by atoms with Crippen LogP contribution in [0.5, 0.6) is 5.75 Å². The molecule has 3 nitrogen and oxygen atoms in total. The van der Waals surface area contributed by atoms with E-state index >= 15 is 0 Å². The number of hydrogen-bond acceptors (Lipinski definition) is 4. The van der Waals surface area contributed by atoms with Gasteiger partial charge >= 0.3 is 0 Å². The molecule has 1 aliphatic rings. The first-order valence-corrected chi connectivity index (χ1v) is 7.73. The molecular formula is C16H23NO2S. The summed E-state index contributed by atoms with van der Waals surface area (Å²) in [6, 6.07) is 8.66. The highest BCUT2D eigenvalue weighted by Crippen LogP contribution is 2.26. The minimum absolute atomic E-state index is 0.178. The van der Waals surface area contributed by atoms with Crippen LogP contribution in [-0.4, -0.2) is 30.2 Å². The molecule has 0 radical (unpaired) electrons. The van der Waals surface area contributed by atoms with E-state index in [1.165, 1.54) is 0 Å². The Morgan fingerprint density at radius 3 is 2.90 bits per heavy atom. The van der Waals surface area contributed by atoms with Gasteiger partial charge < -0.3 is 10.1 Å². The van der Waals surface area contributed by atoms with Crippen LogP contribution in [0.2, 0.25) is 0 Å². The average molecular weight is 293 g/mol. The Morgan fingerprint density at radius 1 is 1.50 bits per heavy atom. The molecule has 1 atom stereocenters. The predicted octanol–water partition coefficient (Wildman–Crippen LogP) is 2.64. The van der Waals surface area contributed by atoms with Gasteiger partial charge in [0.25, 0.3) is 0 Å². The van der Waals surface area contributed by atoms with Crippen molar-refractivity contribution in [2.24, 2.45) is 0 Å². The Labute approximate surface area is 126 Å². The number of aryl methyl sites for hydroxylation is 1. The SMILES string of the molecule is CNC1CC(Oc2cccc(CCC(=O)C(C)S)c2)C1. The number of hydrogen-bond donors (Lipinski definition) is 2. The van der Waals surface area contributed by atoms with Crippen LogP contribution in [0.1, 0.15) is 31.7 Å². The predicted molar refractivity (Wildman–Crippen MR) is 84.7 cm³/mol. The van der Waals surface area contributed by atoms with Gasteiger partial charge in [-0.2, -0.15) is 12.6 Å². The van der Waals surface area contributed by atoms with E-state index in [0.29, 0.717) is 18.6 Å². The Kier molecular flexibility index (Phi) is 5.49. The van der Waals surface area contributed by atoms with Crippen LogP contribution in [0.25, 0.3) is 0 Å². The van der Waals surface area contributed by atoms with Gasteiger partial charge in [0.1, 0.15) is 17.6 Å². The van der Waals surface area contributed by atoms with Gasteiger partial charge in [0.15, 0.2) is 0 Å². The zero-order valence-corrected chi connectivity index (χ0v) is 13.0. The highest BCUT2D eigenvalue weighted by Gasteiger charge is 2.29. The number of Topliss-reactive ketones (excluding diaryl/α,β-unsaturated/α-hetero) is 1. The van der Waals surface area contributed by atoms with Gasteiger partial charge in [-0.05, 0) is 50.9 Å². The summed E-state index contributed by atoms with van der Waals surface area (Å²) in [5, 5.41) is 3.07. The van der Waals surface area contributed by atoms with E-state index in [-0.39, 0.29) is 11.0 Å². The molecule has 1 N–H and O–H groups in total. The first kappa shape index (κ1) is 15.4. The molecule has 1 fully saturated rings. The minimum atomic E-state index is -0.178. The summed E-state index contributed by atoms with van der Waals surface area (Å²) >= 11 is 4.16. The molecule has 0 aliphatic heterocycles. The Balaban J connectivity index is 1.83. The van der Waals surface area contributed by atoms with Gasteiger partial charge in [-0.25, -0.2) is 0 Å². The van der Waals surface area contributed by atoms with E-state index in [4.69, 9.17) is 4.74 Å². The van der Waals surface area contributed by atoms with Crippen LogP contribution in [0, 0.1) is 0 Å². The lowest BCUT2D eigenvalue weighted by Gasteiger charge is -2.35. The number of nitrogens with one attached hydrogen (secondary N) is 1. The summed E-state index contributed by atoms with van der Waals surface area (Å²) in [5.74, 6) is 1.10. The smallest absolute Gasteiger partial charge is 0.145 e. The maximum atomic E-state index is 11.6. The summed E-state index contributed by atoms with van der Waals surface area (Å²) < 4.78 is 5.94. The van der Waals surface area contributed by atoms with E-state index in [1.807, 2.05) is 38.2 Å². The van der Waals surface area contributed by atoms with Crippen molar-refractivity contribution >= 4 is 18.4 Å². The summed E-state index contributed by atoms with van der Waals surface area (Å²) in [6.07, 6.45) is 3.75. The zero-order valence-electron chi connectivity index (χ0n) is 12.1. The fourth-order valence-corrected chi connectivity index (χ4v) is 2.47. The fourth-order valence-electron chi connectivity index (χ4n) is 2.34. The highest BCUT2D eigenvalue weighted by atomic mass is 32.1. The molecule has 0 aromatic heterocycles. The van der Waals surface area contributed by atoms with Crippen LogP contribution in [-0.2, 0) is 11.2 Å². The number of carbonyl (C=O) groups excluding carboxylic acids is 1. The first-order chi connectivity index (χ1) is 9.58. The first-order valence-electron chi connectivity index (χ1n) is 7.22. The van der Waals surface area contributed by atoms with Gasteiger partial charge in [0.05, 0.1) is 5.25 Å². The minimum Gasteiger partial charge on any atom is -0.490 e. The van der Waals surface area contributed by atoms with Crippen molar-refractivity contribution in [3.63, 3.8) is 0 Å². The molecule has 1 unspecified atom stereocenters. The third kappa shape index (κ3) is 4.25. The van der Waals surface area contributed by atoms with E-state index in [0.717, 1.165) is 30.6 Å². The second-order valence-corrected chi connectivity index (χ2v) is 6.26. The second-order valence-electron chi connectivity index (χ2n) is 5.49. The maximum absolute atomic E-state index is 11.6. The summed E-state index contributed by atoms with van der Waals surface area (Å²) in [5.41, 5.74) is 1.15. The molecular weight excluding hydrogens is 270 g/mol. The average Bonchev–Trinajstić information content (AvgIpc) is 2.40. The van der Waals surface area contributed by atoms with Crippen LogP contribution < -0.4 is 10.1 Å². The molecule has 2 rings (SSSR count). The molecule has 0 heterocycles. The van der Waals surface area contributed by atoms with Gasteiger partial charge in [-0.15, -0.1) is 0 Å². The summed E-state index contributed by atoms with van der Waals surface area (Å²) in [4.78, 5) is 11.6. The van der Waals surface area contributed by atoms with Crippen molar-refractivity contribution in [3.8, 4) is 5.75 Å². The van der Waals surface area contributed by atoms with Crippen LogP contribution in [0.4, 0.5) is 0 Å². The summed E-state index contributed by atoms with van der Waals surface area (Å²) in [7, 11) is 1.99. The Hall–Kier alpha value is -1.00. The molecule has 0 saturated heterocycles. The van der Waals surface area contributed by atoms with Crippen LogP contribution in [0.15, 0.2) is 24.3 Å². The number of carbonyl (C=O) groups is 1. The highest BCUT2D eigenvalue weighted by molar-refractivity contribution is 7.81. The molecule has 1 saturated carbocycles. The summed E-state index contributed by atoms with van der Waals surface area (Å²) in [6.45, 7) is 1.82. The quantitative estimate of drug-likeness (QED) is 0.759. The number of ketones is 1. The number of thiol groups is 1. The molecule has 1 aliphatic carbocycles. The topological polar surface area (TPSA) is 38.3 Å². The van der Waals surface area contributed by atoms with Crippen molar-refractivity contribution in [2.75, 3.05) is 7.05 Å². The Morgan fingerprint density at radius 2 is 2.25 bits per heavy atom. The molecule has 4 heteroatoms. The molecule has 0 bridgehead atoms. The van der Waals surface area contributed by atoms with Crippen LogP contribution >= 0.6 is 12.6 Å². The number of rotatable bonds is 7. The molecule has 1 aromatic carbocycles. The molecule has 0 spiro atoms.